The van der Waals surface area contributed by atoms with Gasteiger partial charge in [0.05, 0.1) is 5.52 Å². The average Bonchev–Trinajstić information content (AvgIpc) is 2.98. The van der Waals surface area contributed by atoms with Gasteiger partial charge in [-0.2, -0.15) is 8.78 Å². The van der Waals surface area contributed by atoms with E-state index in [1.807, 2.05) is 6.07 Å². The summed E-state index contributed by atoms with van der Waals surface area (Å²) < 4.78 is 35.2. The zero-order valence-electron chi connectivity index (χ0n) is 15.1. The van der Waals surface area contributed by atoms with Gasteiger partial charge in [-0.1, -0.05) is 24.3 Å². The number of oxazole rings is 1. The first-order valence-electron chi connectivity index (χ1n) is 8.92. The maximum atomic E-state index is 12.1. The summed E-state index contributed by atoms with van der Waals surface area (Å²) in [5, 5.41) is 2.81. The minimum atomic E-state index is -2.85. The molecule has 8 heteroatoms. The van der Waals surface area contributed by atoms with Crippen LogP contribution in [0.1, 0.15) is 18.4 Å². The van der Waals surface area contributed by atoms with Gasteiger partial charge < -0.3 is 14.5 Å². The van der Waals surface area contributed by atoms with E-state index >= 15 is 0 Å². The third kappa shape index (κ3) is 5.18. The van der Waals surface area contributed by atoms with Crippen LogP contribution in [0.4, 0.5) is 8.78 Å². The normalized spacial score (nSPS) is 11.1. The molecule has 0 fully saturated rings. The lowest BCUT2D eigenvalue weighted by Gasteiger charge is -2.07. The predicted molar refractivity (Wildman–Crippen MR) is 99.5 cm³/mol. The molecule has 3 rings (SSSR count). The van der Waals surface area contributed by atoms with Gasteiger partial charge in [0, 0.05) is 19.5 Å². The molecule has 0 spiro atoms. The second-order valence-electron chi connectivity index (χ2n) is 6.21. The number of fused-ring (bicyclic) bond motifs is 1. The Morgan fingerprint density at radius 1 is 1.14 bits per heavy atom. The first-order valence-corrected chi connectivity index (χ1v) is 8.92. The number of carbonyl (C=O) groups excluding carboxylic acids is 1. The number of nitrogens with one attached hydrogen (secondary N) is 1. The van der Waals surface area contributed by atoms with E-state index in [9.17, 15) is 18.4 Å². The highest BCUT2D eigenvalue weighted by Crippen LogP contribution is 2.15. The van der Waals surface area contributed by atoms with Crippen LogP contribution in [0.25, 0.3) is 11.1 Å². The number of carbonyl (C=O) groups is 1. The highest BCUT2D eigenvalue weighted by Gasteiger charge is 2.09. The van der Waals surface area contributed by atoms with Gasteiger partial charge in [-0.15, -0.1) is 0 Å². The maximum Gasteiger partial charge on any atom is 0.419 e. The van der Waals surface area contributed by atoms with Crippen molar-refractivity contribution in [3.8, 4) is 5.75 Å². The zero-order chi connectivity index (χ0) is 19.9. The van der Waals surface area contributed by atoms with Crippen molar-refractivity contribution in [1.29, 1.82) is 0 Å². The molecular weight excluding hydrogens is 370 g/mol. The lowest BCUT2D eigenvalue weighted by atomic mass is 10.1. The highest BCUT2D eigenvalue weighted by atomic mass is 19.3. The number of ether oxygens (including phenoxy) is 1. The molecule has 28 heavy (non-hydrogen) atoms. The van der Waals surface area contributed by atoms with Crippen molar-refractivity contribution in [2.24, 2.45) is 0 Å². The van der Waals surface area contributed by atoms with E-state index in [0.717, 1.165) is 5.56 Å². The molecule has 0 bridgehead atoms. The molecule has 148 valence electrons. The Morgan fingerprint density at radius 3 is 2.64 bits per heavy atom. The summed E-state index contributed by atoms with van der Waals surface area (Å²) in [5.74, 6) is -0.441. The van der Waals surface area contributed by atoms with Crippen molar-refractivity contribution in [2.45, 2.75) is 32.4 Å². The zero-order valence-corrected chi connectivity index (χ0v) is 15.1. The monoisotopic (exact) mass is 390 g/mol. The molecule has 0 aliphatic rings. The molecule has 6 nitrogen and oxygen atoms in total. The van der Waals surface area contributed by atoms with Gasteiger partial charge in [0.25, 0.3) is 0 Å². The summed E-state index contributed by atoms with van der Waals surface area (Å²) in [6.07, 6.45) is 1.37. The van der Waals surface area contributed by atoms with E-state index in [-0.39, 0.29) is 18.1 Å². The Morgan fingerprint density at radius 2 is 1.89 bits per heavy atom. The van der Waals surface area contributed by atoms with Gasteiger partial charge in [0.1, 0.15) is 5.75 Å². The summed E-state index contributed by atoms with van der Waals surface area (Å²) >= 11 is 0. The fraction of sp³-hybridized carbons (Fsp3) is 0.300. The van der Waals surface area contributed by atoms with E-state index in [1.165, 1.54) is 16.7 Å². The minimum absolute atomic E-state index is 0.102. The number of benzene rings is 2. The molecule has 0 aliphatic heterocycles. The van der Waals surface area contributed by atoms with Crippen LogP contribution >= 0.6 is 0 Å². The predicted octanol–water partition coefficient (Wildman–Crippen LogP) is 3.34. The van der Waals surface area contributed by atoms with Crippen molar-refractivity contribution in [1.82, 2.24) is 9.88 Å². The van der Waals surface area contributed by atoms with Crippen molar-refractivity contribution in [3.05, 3.63) is 64.6 Å². The van der Waals surface area contributed by atoms with E-state index in [2.05, 4.69) is 10.1 Å². The van der Waals surface area contributed by atoms with Crippen molar-refractivity contribution >= 4 is 17.0 Å². The number of hydrogen-bond acceptors (Lipinski definition) is 4. The average molecular weight is 390 g/mol. The summed E-state index contributed by atoms with van der Waals surface area (Å²) in [6, 6.07) is 13.5. The molecule has 0 aliphatic carbocycles. The number of nitrogens with zero attached hydrogens (tertiary/aromatic N) is 1. The molecule has 3 aromatic rings. The van der Waals surface area contributed by atoms with E-state index in [0.29, 0.717) is 37.0 Å². The minimum Gasteiger partial charge on any atom is -0.435 e. The molecule has 1 aromatic heterocycles. The summed E-state index contributed by atoms with van der Waals surface area (Å²) in [4.78, 5) is 23.8. The van der Waals surface area contributed by atoms with Crippen LogP contribution < -0.4 is 15.8 Å². The van der Waals surface area contributed by atoms with Gasteiger partial charge >= 0.3 is 12.4 Å². The Hall–Kier alpha value is -3.16. The molecule has 0 saturated carbocycles. The number of halogens is 2. The first-order chi connectivity index (χ1) is 13.5. The van der Waals surface area contributed by atoms with E-state index in [1.54, 1.807) is 30.3 Å². The maximum absolute atomic E-state index is 12.1. The van der Waals surface area contributed by atoms with Crippen LogP contribution in [0.15, 0.2) is 57.7 Å². The fourth-order valence-electron chi connectivity index (χ4n) is 2.90. The van der Waals surface area contributed by atoms with Crippen LogP contribution in [-0.2, 0) is 17.8 Å². The smallest absolute Gasteiger partial charge is 0.419 e. The molecule has 0 atom stereocenters. The topological polar surface area (TPSA) is 73.5 Å². The van der Waals surface area contributed by atoms with E-state index < -0.39 is 12.4 Å². The summed E-state index contributed by atoms with van der Waals surface area (Å²) in [5.41, 5.74) is 2.15. The SMILES string of the molecule is O=C(CCCn1c(=O)oc2ccccc21)NCCc1ccc(OC(F)F)cc1. The third-order valence-electron chi connectivity index (χ3n) is 4.24. The number of amides is 1. The van der Waals surface area contributed by atoms with Gasteiger partial charge in [-0.25, -0.2) is 4.79 Å². The molecule has 2 aromatic carbocycles. The number of alkyl halides is 2. The van der Waals surface area contributed by atoms with Gasteiger partial charge in [0.2, 0.25) is 5.91 Å². The Kier molecular flexibility index (Phi) is 6.41. The van der Waals surface area contributed by atoms with Gasteiger partial charge in [-0.05, 0) is 42.7 Å². The Bertz CT molecular complexity index is 980. The fourth-order valence-corrected chi connectivity index (χ4v) is 2.90. The molecule has 0 unspecified atom stereocenters. The van der Waals surface area contributed by atoms with E-state index in [4.69, 9.17) is 4.42 Å². The van der Waals surface area contributed by atoms with Crippen LogP contribution in [0.3, 0.4) is 0 Å². The second kappa shape index (κ2) is 9.16. The van der Waals surface area contributed by atoms with Crippen LogP contribution in [-0.4, -0.2) is 23.6 Å². The van der Waals surface area contributed by atoms with Gasteiger partial charge in [-0.3, -0.25) is 9.36 Å². The number of para-hydroxylation sites is 2. The van der Waals surface area contributed by atoms with Gasteiger partial charge in [0.15, 0.2) is 5.58 Å². The quantitative estimate of drug-likeness (QED) is 0.608. The molecule has 1 N–H and O–H groups in total. The molecule has 0 radical (unpaired) electrons. The number of hydrogen-bond donors (Lipinski definition) is 1. The summed E-state index contributed by atoms with van der Waals surface area (Å²) in [7, 11) is 0. The number of aryl methyl sites for hydroxylation is 1. The van der Waals surface area contributed by atoms with Crippen LogP contribution in [0, 0.1) is 0 Å². The molecule has 1 amide bonds. The number of aromatic nitrogens is 1. The highest BCUT2D eigenvalue weighted by molar-refractivity contribution is 5.76. The Labute approximate surface area is 159 Å². The molecule has 0 saturated heterocycles. The second-order valence-corrected chi connectivity index (χ2v) is 6.21. The largest absolute Gasteiger partial charge is 0.435 e. The van der Waals surface area contributed by atoms with Crippen molar-refractivity contribution < 1.29 is 22.7 Å². The number of rotatable bonds is 9. The lowest BCUT2D eigenvalue weighted by Crippen LogP contribution is -2.26. The Balaban J connectivity index is 1.40. The first kappa shape index (κ1) is 19.6. The van der Waals surface area contributed by atoms with Crippen LogP contribution in [0.2, 0.25) is 0 Å². The summed E-state index contributed by atoms with van der Waals surface area (Å²) in [6.45, 7) is -2.02. The standard InChI is InChI=1S/C20H20F2N2O4/c21-19(22)27-15-9-7-14(8-10-15)11-12-23-18(25)6-3-13-24-16-4-1-2-5-17(16)28-20(24)26/h1-2,4-5,7-10,19H,3,6,11-13H2,(H,23,25). The van der Waals surface area contributed by atoms with Crippen molar-refractivity contribution in [2.75, 3.05) is 6.54 Å². The molecular formula is C20H20F2N2O4. The lowest BCUT2D eigenvalue weighted by molar-refractivity contribution is -0.121. The van der Waals surface area contributed by atoms with Crippen molar-refractivity contribution in [3.63, 3.8) is 0 Å². The van der Waals surface area contributed by atoms with Crippen LogP contribution in [0.5, 0.6) is 5.75 Å². The molecule has 1 heterocycles. The third-order valence-corrected chi connectivity index (χ3v) is 4.24.